The molecular weight excluding hydrogens is 589 g/mol. The molecule has 13 heteroatoms. The van der Waals surface area contributed by atoms with Crippen molar-refractivity contribution < 1.29 is 22.7 Å². The van der Waals surface area contributed by atoms with Crippen molar-refractivity contribution in [1.82, 2.24) is 15.0 Å². The first kappa shape index (κ1) is 31.6. The van der Waals surface area contributed by atoms with Gasteiger partial charge in [-0.05, 0) is 69.2 Å². The van der Waals surface area contributed by atoms with Crippen LogP contribution in [0.4, 0.5) is 10.5 Å². The predicted octanol–water partition coefficient (Wildman–Crippen LogP) is 4.70. The van der Waals surface area contributed by atoms with Crippen LogP contribution < -0.4 is 21.1 Å². The molecule has 0 fully saturated rings. The number of hydrogen-bond acceptors (Lipinski definition) is 8. The molecule has 226 valence electrons. The molecule has 0 aliphatic heterocycles. The van der Waals surface area contributed by atoms with Gasteiger partial charge in [0.1, 0.15) is 16.4 Å². The Hall–Kier alpha value is -4.33. The second kappa shape index (κ2) is 13.3. The number of aromatic nitrogens is 1. The van der Waals surface area contributed by atoms with Gasteiger partial charge in [-0.25, -0.2) is 22.9 Å². The molecule has 11 nitrogen and oxygen atoms in total. The molecule has 0 spiro atoms. The standard InChI is InChI=1S/C30H34N6O5S2/c1-30(2,3)41-29(38)33-15-14-26(37)34-21-10-7-11-22(18-21)43(39,40)36-24(17-19-8-6-9-20(16-19)27(31)32)28-35-23-12-4-5-13-25(23)42-28/h4-13,16,18,24,36H,14-15,17H2,1-3H3,(H3,31,32)(H,33,38)(H,34,37). The van der Waals surface area contributed by atoms with Crippen molar-refractivity contribution in [3.63, 3.8) is 0 Å². The van der Waals surface area contributed by atoms with Gasteiger partial charge in [-0.15, -0.1) is 11.3 Å². The van der Waals surface area contributed by atoms with Gasteiger partial charge in [-0.3, -0.25) is 10.2 Å². The van der Waals surface area contributed by atoms with E-state index in [9.17, 15) is 18.0 Å². The molecule has 0 aliphatic rings. The Kier molecular flexibility index (Phi) is 9.79. The highest BCUT2D eigenvalue weighted by Crippen LogP contribution is 2.30. The summed E-state index contributed by atoms with van der Waals surface area (Å²) in [6.07, 6.45) is -0.399. The van der Waals surface area contributed by atoms with E-state index in [0.29, 0.717) is 10.6 Å². The lowest BCUT2D eigenvalue weighted by Gasteiger charge is -2.19. The van der Waals surface area contributed by atoms with Crippen molar-refractivity contribution in [2.75, 3.05) is 11.9 Å². The van der Waals surface area contributed by atoms with E-state index >= 15 is 0 Å². The summed E-state index contributed by atoms with van der Waals surface area (Å²) in [5.41, 5.74) is 7.38. The Labute approximate surface area is 254 Å². The number of benzene rings is 3. The maximum Gasteiger partial charge on any atom is 0.407 e. The van der Waals surface area contributed by atoms with Crippen LogP contribution in [0.3, 0.4) is 0 Å². The Balaban J connectivity index is 1.50. The lowest BCUT2D eigenvalue weighted by molar-refractivity contribution is -0.116. The first-order chi connectivity index (χ1) is 20.3. The number of para-hydroxylation sites is 1. The predicted molar refractivity (Wildman–Crippen MR) is 168 cm³/mol. The SMILES string of the molecule is CC(C)(C)OC(=O)NCCC(=O)Nc1cccc(S(=O)(=O)NC(Cc2cccc(C(=N)N)c2)c2nc3ccccc3s2)c1. The molecule has 1 aromatic heterocycles. The molecule has 0 aliphatic carbocycles. The highest BCUT2D eigenvalue weighted by atomic mass is 32.2. The van der Waals surface area contributed by atoms with Gasteiger partial charge in [0, 0.05) is 24.2 Å². The Bertz CT molecular complexity index is 1710. The van der Waals surface area contributed by atoms with Crippen molar-refractivity contribution in [2.45, 2.75) is 50.2 Å². The van der Waals surface area contributed by atoms with E-state index in [0.717, 1.165) is 15.8 Å². The zero-order valence-corrected chi connectivity index (χ0v) is 25.6. The highest BCUT2D eigenvalue weighted by Gasteiger charge is 2.25. The molecule has 1 unspecified atom stereocenters. The number of nitrogens with one attached hydrogen (secondary N) is 4. The second-order valence-electron chi connectivity index (χ2n) is 10.8. The molecule has 0 bridgehead atoms. The van der Waals surface area contributed by atoms with Crippen molar-refractivity contribution in [1.29, 1.82) is 5.41 Å². The first-order valence-electron chi connectivity index (χ1n) is 13.5. The van der Waals surface area contributed by atoms with Crippen LogP contribution in [0.2, 0.25) is 0 Å². The zero-order chi connectivity index (χ0) is 31.2. The number of alkyl carbamates (subject to hydrolysis) is 1. The summed E-state index contributed by atoms with van der Waals surface area (Å²) >= 11 is 1.39. The van der Waals surface area contributed by atoms with E-state index in [-0.39, 0.29) is 35.8 Å². The van der Waals surface area contributed by atoms with Crippen molar-refractivity contribution in [3.05, 3.63) is 88.9 Å². The average molecular weight is 623 g/mol. The molecule has 0 saturated heterocycles. The van der Waals surface area contributed by atoms with Gasteiger partial charge in [-0.1, -0.05) is 36.4 Å². The number of amidine groups is 1. The van der Waals surface area contributed by atoms with Crippen molar-refractivity contribution >= 4 is 55.1 Å². The summed E-state index contributed by atoms with van der Waals surface area (Å²) in [7, 11) is -4.07. The summed E-state index contributed by atoms with van der Waals surface area (Å²) in [5, 5.41) is 13.5. The summed E-state index contributed by atoms with van der Waals surface area (Å²) in [5.74, 6) is -0.491. The molecule has 2 amide bonds. The third-order valence-corrected chi connectivity index (χ3v) is 8.65. The van der Waals surface area contributed by atoms with E-state index < -0.39 is 33.7 Å². The molecule has 4 rings (SSSR count). The van der Waals surface area contributed by atoms with Crippen LogP contribution in [0, 0.1) is 5.41 Å². The smallest absolute Gasteiger partial charge is 0.407 e. The number of nitrogens with zero attached hydrogens (tertiary/aromatic N) is 1. The molecule has 1 atom stereocenters. The van der Waals surface area contributed by atoms with Gasteiger partial charge in [0.2, 0.25) is 15.9 Å². The van der Waals surface area contributed by atoms with E-state index in [1.165, 1.54) is 29.5 Å². The number of amides is 2. The highest BCUT2D eigenvalue weighted by molar-refractivity contribution is 7.89. The van der Waals surface area contributed by atoms with Gasteiger partial charge in [0.25, 0.3) is 0 Å². The fourth-order valence-corrected chi connectivity index (χ4v) is 6.47. The maximum absolute atomic E-state index is 13.6. The normalized spacial score (nSPS) is 12.4. The van der Waals surface area contributed by atoms with Crippen LogP contribution in [0.5, 0.6) is 0 Å². The average Bonchev–Trinajstić information content (AvgIpc) is 3.36. The van der Waals surface area contributed by atoms with Gasteiger partial charge in [0.15, 0.2) is 0 Å². The van der Waals surface area contributed by atoms with Gasteiger partial charge >= 0.3 is 6.09 Å². The minimum absolute atomic E-state index is 0.0342. The van der Waals surface area contributed by atoms with Crippen LogP contribution in [0.25, 0.3) is 10.2 Å². The number of nitrogens with two attached hydrogens (primary N) is 1. The number of anilines is 1. The number of thiazole rings is 1. The number of carbonyl (C=O) groups is 2. The third-order valence-electron chi connectivity index (χ3n) is 6.03. The molecule has 1 heterocycles. The van der Waals surface area contributed by atoms with Crippen LogP contribution in [0.1, 0.15) is 49.4 Å². The van der Waals surface area contributed by atoms with Crippen LogP contribution in [-0.2, 0) is 26.0 Å². The van der Waals surface area contributed by atoms with Gasteiger partial charge in [-0.2, -0.15) is 0 Å². The van der Waals surface area contributed by atoms with E-state index in [4.69, 9.17) is 20.9 Å². The Morgan fingerprint density at radius 3 is 2.51 bits per heavy atom. The van der Waals surface area contributed by atoms with Gasteiger partial charge in [0.05, 0.1) is 21.2 Å². The number of sulfonamides is 1. The minimum atomic E-state index is -4.07. The van der Waals surface area contributed by atoms with Crippen LogP contribution in [-0.4, -0.2) is 43.4 Å². The van der Waals surface area contributed by atoms with Crippen molar-refractivity contribution in [3.8, 4) is 0 Å². The molecule has 3 aromatic carbocycles. The van der Waals surface area contributed by atoms with E-state index in [1.807, 2.05) is 30.3 Å². The van der Waals surface area contributed by atoms with Crippen LogP contribution in [0.15, 0.2) is 77.7 Å². The molecule has 6 N–H and O–H groups in total. The lowest BCUT2D eigenvalue weighted by atomic mass is 10.0. The number of ether oxygens (including phenoxy) is 1. The Morgan fingerprint density at radius 1 is 1.05 bits per heavy atom. The number of rotatable bonds is 11. The van der Waals surface area contributed by atoms with E-state index in [1.54, 1.807) is 45.0 Å². The third kappa shape index (κ3) is 9.08. The topological polar surface area (TPSA) is 176 Å². The quantitative estimate of drug-likeness (QED) is 0.119. The zero-order valence-electron chi connectivity index (χ0n) is 24.0. The molecular formula is C30H34N6O5S2. The largest absolute Gasteiger partial charge is 0.444 e. The Morgan fingerprint density at radius 2 is 1.79 bits per heavy atom. The number of nitrogen functional groups attached to an aromatic ring is 1. The van der Waals surface area contributed by atoms with Crippen molar-refractivity contribution in [2.24, 2.45) is 5.73 Å². The number of carbonyl (C=O) groups excluding carboxylic acids is 2. The molecule has 43 heavy (non-hydrogen) atoms. The van der Waals surface area contributed by atoms with E-state index in [2.05, 4.69) is 15.4 Å². The number of hydrogen-bond donors (Lipinski definition) is 5. The van der Waals surface area contributed by atoms with Gasteiger partial charge < -0.3 is 21.1 Å². The molecule has 4 aromatic rings. The summed E-state index contributed by atoms with van der Waals surface area (Å²) in [6, 6.07) is 19.8. The first-order valence-corrected chi connectivity index (χ1v) is 15.8. The molecule has 0 radical (unpaired) electrons. The maximum atomic E-state index is 13.6. The minimum Gasteiger partial charge on any atom is -0.444 e. The summed E-state index contributed by atoms with van der Waals surface area (Å²) in [6.45, 7) is 5.27. The fraction of sp³-hybridized carbons (Fsp3) is 0.267. The van der Waals surface area contributed by atoms with Crippen LogP contribution >= 0.6 is 11.3 Å². The molecule has 0 saturated carbocycles. The second-order valence-corrected chi connectivity index (χ2v) is 13.5. The fourth-order valence-electron chi connectivity index (χ4n) is 4.13. The lowest BCUT2D eigenvalue weighted by Crippen LogP contribution is -2.34. The monoisotopic (exact) mass is 622 g/mol. The summed E-state index contributed by atoms with van der Waals surface area (Å²) < 4.78 is 36.1. The summed E-state index contributed by atoms with van der Waals surface area (Å²) in [4.78, 5) is 28.9. The number of fused-ring (bicyclic) bond motifs is 1.